The van der Waals surface area contributed by atoms with E-state index in [1.165, 1.54) is 20.3 Å². The predicted octanol–water partition coefficient (Wildman–Crippen LogP) is 4.66. The van der Waals surface area contributed by atoms with Crippen molar-refractivity contribution in [1.82, 2.24) is 0 Å². The first-order valence-corrected chi connectivity index (χ1v) is 7.45. The summed E-state index contributed by atoms with van der Waals surface area (Å²) in [4.78, 5) is 12.0. The van der Waals surface area contributed by atoms with Gasteiger partial charge in [0.15, 0.2) is 0 Å². The predicted molar refractivity (Wildman–Crippen MR) is 93.7 cm³/mol. The van der Waals surface area contributed by atoms with Gasteiger partial charge in [-0.1, -0.05) is 35.3 Å². The molecule has 0 aromatic heterocycles. The van der Waals surface area contributed by atoms with Crippen LogP contribution in [0.3, 0.4) is 0 Å². The number of carbonyl (C=O) groups excluding carboxylic acids is 1. The fourth-order valence-electron chi connectivity index (χ4n) is 1.91. The van der Waals surface area contributed by atoms with Gasteiger partial charge in [-0.25, -0.2) is 0 Å². The van der Waals surface area contributed by atoms with Crippen molar-refractivity contribution in [2.45, 2.75) is 0 Å². The van der Waals surface area contributed by atoms with E-state index in [1.807, 2.05) is 12.1 Å². The van der Waals surface area contributed by atoms with E-state index in [1.54, 1.807) is 30.3 Å². The Hall–Kier alpha value is -2.17. The van der Waals surface area contributed by atoms with Crippen LogP contribution >= 0.6 is 23.2 Å². The van der Waals surface area contributed by atoms with Gasteiger partial charge in [-0.05, 0) is 29.8 Å². The lowest BCUT2D eigenvalue weighted by atomic mass is 10.2. The number of rotatable bonds is 5. The normalized spacial score (nSPS) is 10.6. The number of hydrogen-bond donors (Lipinski definition) is 1. The maximum Gasteiger partial charge on any atom is 0.248 e. The second kappa shape index (κ2) is 7.90. The molecule has 1 amide bonds. The molecule has 2 aromatic carbocycles. The van der Waals surface area contributed by atoms with E-state index in [0.29, 0.717) is 27.2 Å². The number of carbonyl (C=O) groups is 1. The van der Waals surface area contributed by atoms with Gasteiger partial charge in [0.2, 0.25) is 5.91 Å². The van der Waals surface area contributed by atoms with Crippen LogP contribution in [0.5, 0.6) is 11.5 Å². The molecule has 0 heterocycles. The zero-order valence-corrected chi connectivity index (χ0v) is 14.1. The van der Waals surface area contributed by atoms with Crippen LogP contribution < -0.4 is 14.8 Å². The topological polar surface area (TPSA) is 47.6 Å². The summed E-state index contributed by atoms with van der Waals surface area (Å²) in [5.41, 5.74) is 1.28. The smallest absolute Gasteiger partial charge is 0.248 e. The largest absolute Gasteiger partial charge is 0.495 e. The number of hydrogen-bond acceptors (Lipinski definition) is 3. The van der Waals surface area contributed by atoms with Crippen LogP contribution in [0.15, 0.2) is 42.5 Å². The third-order valence-corrected chi connectivity index (χ3v) is 3.54. The van der Waals surface area contributed by atoms with Gasteiger partial charge in [0.25, 0.3) is 0 Å². The Labute approximate surface area is 144 Å². The maximum absolute atomic E-state index is 12.0. The van der Waals surface area contributed by atoms with Crippen molar-refractivity contribution in [3.8, 4) is 11.5 Å². The number of ether oxygens (including phenoxy) is 2. The Kier molecular flexibility index (Phi) is 5.90. The quantitative estimate of drug-likeness (QED) is 0.796. The van der Waals surface area contributed by atoms with Crippen molar-refractivity contribution >= 4 is 40.9 Å². The molecule has 0 spiro atoms. The molecule has 0 aliphatic heterocycles. The molecule has 2 rings (SSSR count). The van der Waals surface area contributed by atoms with E-state index in [-0.39, 0.29) is 5.91 Å². The van der Waals surface area contributed by atoms with Crippen LogP contribution in [0.4, 0.5) is 5.69 Å². The number of amides is 1. The standard InChI is InChI=1S/C17H15Cl2NO3/c1-22-15-10-16(23-2)14(9-13(15)19)20-17(21)7-6-11-4-3-5-12(18)8-11/h3-10H,1-2H3,(H,20,21)/b7-6+. The zero-order valence-electron chi connectivity index (χ0n) is 12.6. The molecule has 0 aliphatic carbocycles. The van der Waals surface area contributed by atoms with Crippen LogP contribution in [0, 0.1) is 0 Å². The number of anilines is 1. The first-order valence-electron chi connectivity index (χ1n) is 6.69. The Balaban J connectivity index is 2.15. The van der Waals surface area contributed by atoms with Crippen LogP contribution in [0.25, 0.3) is 6.08 Å². The van der Waals surface area contributed by atoms with Crippen LogP contribution in [0.1, 0.15) is 5.56 Å². The maximum atomic E-state index is 12.0. The van der Waals surface area contributed by atoms with Crippen molar-refractivity contribution in [1.29, 1.82) is 0 Å². The van der Waals surface area contributed by atoms with Gasteiger partial charge in [0.05, 0.1) is 24.9 Å². The summed E-state index contributed by atoms with van der Waals surface area (Å²) in [6.07, 6.45) is 3.07. The SMILES string of the molecule is COc1cc(OC)c(NC(=O)/C=C/c2cccc(Cl)c2)cc1Cl. The average molecular weight is 352 g/mol. The van der Waals surface area contributed by atoms with Crippen molar-refractivity contribution in [3.05, 3.63) is 58.1 Å². The highest BCUT2D eigenvalue weighted by atomic mass is 35.5. The highest BCUT2D eigenvalue weighted by Gasteiger charge is 2.11. The highest BCUT2D eigenvalue weighted by molar-refractivity contribution is 6.32. The Bertz CT molecular complexity index is 745. The molecule has 0 radical (unpaired) electrons. The molecule has 6 heteroatoms. The monoisotopic (exact) mass is 351 g/mol. The summed E-state index contributed by atoms with van der Waals surface area (Å²) in [7, 11) is 3.01. The fourth-order valence-corrected chi connectivity index (χ4v) is 2.35. The molecule has 0 saturated carbocycles. The summed E-state index contributed by atoms with van der Waals surface area (Å²) in [6.45, 7) is 0. The van der Waals surface area contributed by atoms with E-state index in [2.05, 4.69) is 5.32 Å². The minimum absolute atomic E-state index is 0.315. The molecule has 1 N–H and O–H groups in total. The molecule has 0 bridgehead atoms. The summed E-state index contributed by atoms with van der Waals surface area (Å²) in [6, 6.07) is 10.4. The first kappa shape index (κ1) is 17.2. The van der Waals surface area contributed by atoms with E-state index in [0.717, 1.165) is 5.56 Å². The lowest BCUT2D eigenvalue weighted by Gasteiger charge is -2.12. The lowest BCUT2D eigenvalue weighted by Crippen LogP contribution is -2.09. The Morgan fingerprint density at radius 3 is 2.48 bits per heavy atom. The van der Waals surface area contributed by atoms with Crippen LogP contribution in [-0.2, 0) is 4.79 Å². The number of methoxy groups -OCH3 is 2. The molecule has 120 valence electrons. The molecule has 4 nitrogen and oxygen atoms in total. The van der Waals surface area contributed by atoms with Crippen molar-refractivity contribution < 1.29 is 14.3 Å². The average Bonchev–Trinajstić information content (AvgIpc) is 2.53. The molecule has 0 saturated heterocycles. The minimum atomic E-state index is -0.315. The summed E-state index contributed by atoms with van der Waals surface area (Å²) in [5.74, 6) is 0.608. The van der Waals surface area contributed by atoms with Gasteiger partial charge in [-0.2, -0.15) is 0 Å². The highest BCUT2D eigenvalue weighted by Crippen LogP contribution is 2.35. The number of halogens is 2. The number of benzene rings is 2. The van der Waals surface area contributed by atoms with E-state index in [9.17, 15) is 4.79 Å². The Morgan fingerprint density at radius 2 is 1.83 bits per heavy atom. The molecule has 0 aliphatic rings. The fraction of sp³-hybridized carbons (Fsp3) is 0.118. The van der Waals surface area contributed by atoms with Crippen LogP contribution in [-0.4, -0.2) is 20.1 Å². The van der Waals surface area contributed by atoms with E-state index in [4.69, 9.17) is 32.7 Å². The second-order valence-corrected chi connectivity index (χ2v) is 5.41. The van der Waals surface area contributed by atoms with Gasteiger partial charge in [-0.15, -0.1) is 0 Å². The van der Waals surface area contributed by atoms with E-state index >= 15 is 0 Å². The third kappa shape index (κ3) is 4.65. The lowest BCUT2D eigenvalue weighted by molar-refractivity contribution is -0.111. The molecule has 2 aromatic rings. The van der Waals surface area contributed by atoms with Crippen molar-refractivity contribution in [2.24, 2.45) is 0 Å². The first-order chi connectivity index (χ1) is 11.0. The summed E-state index contributed by atoms with van der Waals surface area (Å²) >= 11 is 12.0. The molecule has 0 fully saturated rings. The van der Waals surface area contributed by atoms with E-state index < -0.39 is 0 Å². The molecule has 0 unspecified atom stereocenters. The minimum Gasteiger partial charge on any atom is -0.495 e. The second-order valence-electron chi connectivity index (χ2n) is 4.56. The summed E-state index contributed by atoms with van der Waals surface area (Å²) in [5, 5.41) is 3.70. The summed E-state index contributed by atoms with van der Waals surface area (Å²) < 4.78 is 10.3. The Morgan fingerprint density at radius 1 is 1.09 bits per heavy atom. The van der Waals surface area contributed by atoms with Crippen molar-refractivity contribution in [3.63, 3.8) is 0 Å². The zero-order chi connectivity index (χ0) is 16.8. The third-order valence-electron chi connectivity index (χ3n) is 3.01. The van der Waals surface area contributed by atoms with Crippen molar-refractivity contribution in [2.75, 3.05) is 19.5 Å². The number of nitrogens with one attached hydrogen (secondary N) is 1. The van der Waals surface area contributed by atoms with Gasteiger partial charge in [-0.3, -0.25) is 4.79 Å². The van der Waals surface area contributed by atoms with Crippen LogP contribution in [0.2, 0.25) is 10.0 Å². The molecule has 0 atom stereocenters. The molecule has 23 heavy (non-hydrogen) atoms. The molecular formula is C17H15Cl2NO3. The van der Waals surface area contributed by atoms with Gasteiger partial charge in [0, 0.05) is 17.2 Å². The molecular weight excluding hydrogens is 337 g/mol. The van der Waals surface area contributed by atoms with Gasteiger partial charge >= 0.3 is 0 Å². The van der Waals surface area contributed by atoms with Gasteiger partial charge in [0.1, 0.15) is 11.5 Å². The van der Waals surface area contributed by atoms with Gasteiger partial charge < -0.3 is 14.8 Å².